The minimum absolute atomic E-state index is 0.0664. The van der Waals surface area contributed by atoms with Crippen molar-refractivity contribution < 1.29 is 14.5 Å². The van der Waals surface area contributed by atoms with Crippen molar-refractivity contribution >= 4 is 23.2 Å². The van der Waals surface area contributed by atoms with Crippen LogP contribution in [0, 0.1) is 10.1 Å². The first-order valence-corrected chi connectivity index (χ1v) is 6.68. The summed E-state index contributed by atoms with van der Waals surface area (Å²) in [6.07, 6.45) is 1.85. The summed E-state index contributed by atoms with van der Waals surface area (Å²) in [5.74, 6) is -0.160. The van der Waals surface area contributed by atoms with E-state index in [0.29, 0.717) is 0 Å². The third-order valence-corrected chi connectivity index (χ3v) is 2.93. The number of non-ortho nitro benzene ring substituents is 1. The third-order valence-electron chi connectivity index (χ3n) is 2.61. The molecule has 110 valence electrons. The van der Waals surface area contributed by atoms with Crippen LogP contribution in [0.5, 0.6) is 5.75 Å². The maximum atomic E-state index is 11.6. The molecule has 0 aromatic heterocycles. The van der Waals surface area contributed by atoms with Crippen molar-refractivity contribution in [2.45, 2.75) is 32.7 Å². The SMILES string of the molecule is CCCC(C)NC(=O)COc1cc([N+](=O)[O-])ccc1Cl. The van der Waals surface area contributed by atoms with Crippen molar-refractivity contribution in [1.29, 1.82) is 0 Å². The second-order valence-corrected chi connectivity index (χ2v) is 4.82. The molecule has 6 nitrogen and oxygen atoms in total. The molecule has 20 heavy (non-hydrogen) atoms. The minimum Gasteiger partial charge on any atom is -0.482 e. The first-order valence-electron chi connectivity index (χ1n) is 6.30. The van der Waals surface area contributed by atoms with E-state index in [0.717, 1.165) is 12.8 Å². The maximum Gasteiger partial charge on any atom is 0.273 e. The van der Waals surface area contributed by atoms with Gasteiger partial charge < -0.3 is 10.1 Å². The number of nitro groups is 1. The molecule has 1 aromatic carbocycles. The molecule has 0 saturated carbocycles. The molecule has 0 heterocycles. The molecule has 1 atom stereocenters. The molecule has 0 aliphatic carbocycles. The normalized spacial score (nSPS) is 11.8. The van der Waals surface area contributed by atoms with Crippen molar-refractivity contribution in [3.8, 4) is 5.75 Å². The molecule has 0 bridgehead atoms. The van der Waals surface area contributed by atoms with Gasteiger partial charge >= 0.3 is 0 Å². The Bertz CT molecular complexity index is 493. The summed E-state index contributed by atoms with van der Waals surface area (Å²) in [4.78, 5) is 21.7. The lowest BCUT2D eigenvalue weighted by atomic mass is 10.2. The molecule has 0 aliphatic heterocycles. The third kappa shape index (κ3) is 5.05. The van der Waals surface area contributed by atoms with Crippen LogP contribution in [0.1, 0.15) is 26.7 Å². The fourth-order valence-corrected chi connectivity index (χ4v) is 1.85. The molecule has 0 spiro atoms. The topological polar surface area (TPSA) is 81.5 Å². The van der Waals surface area contributed by atoms with Gasteiger partial charge in [-0.3, -0.25) is 14.9 Å². The standard InChI is InChI=1S/C13H17ClN2O4/c1-3-4-9(2)15-13(17)8-20-12-7-10(16(18)19)5-6-11(12)14/h5-7,9H,3-4,8H2,1-2H3,(H,15,17). The zero-order valence-electron chi connectivity index (χ0n) is 11.4. The van der Waals surface area contributed by atoms with Gasteiger partial charge in [0.15, 0.2) is 6.61 Å². The van der Waals surface area contributed by atoms with Gasteiger partial charge in [0.1, 0.15) is 5.75 Å². The van der Waals surface area contributed by atoms with Crippen molar-refractivity contribution in [2.24, 2.45) is 0 Å². The van der Waals surface area contributed by atoms with Crippen LogP contribution >= 0.6 is 11.6 Å². The molecular weight excluding hydrogens is 284 g/mol. The Kier molecular flexibility index (Phi) is 6.24. The van der Waals surface area contributed by atoms with E-state index in [1.165, 1.54) is 18.2 Å². The summed E-state index contributed by atoms with van der Waals surface area (Å²) in [6.45, 7) is 3.71. The molecule has 0 fully saturated rings. The van der Waals surface area contributed by atoms with E-state index in [2.05, 4.69) is 5.32 Å². The highest BCUT2D eigenvalue weighted by atomic mass is 35.5. The van der Waals surface area contributed by atoms with E-state index in [1.54, 1.807) is 0 Å². The number of benzene rings is 1. The Morgan fingerprint density at radius 1 is 1.55 bits per heavy atom. The fraction of sp³-hybridized carbons (Fsp3) is 0.462. The molecule has 1 rings (SSSR count). The van der Waals surface area contributed by atoms with E-state index in [9.17, 15) is 14.9 Å². The van der Waals surface area contributed by atoms with Crippen LogP contribution in [-0.4, -0.2) is 23.5 Å². The van der Waals surface area contributed by atoms with E-state index >= 15 is 0 Å². The second kappa shape index (κ2) is 7.69. The largest absolute Gasteiger partial charge is 0.482 e. The average Bonchev–Trinajstić information content (AvgIpc) is 2.37. The van der Waals surface area contributed by atoms with Crippen LogP contribution in [0.25, 0.3) is 0 Å². The first kappa shape index (κ1) is 16.2. The first-order chi connectivity index (χ1) is 9.43. The molecule has 1 N–H and O–H groups in total. The highest BCUT2D eigenvalue weighted by Crippen LogP contribution is 2.28. The number of hydrogen-bond acceptors (Lipinski definition) is 4. The monoisotopic (exact) mass is 300 g/mol. The van der Waals surface area contributed by atoms with Gasteiger partial charge in [-0.2, -0.15) is 0 Å². The van der Waals surface area contributed by atoms with Gasteiger partial charge in [-0.05, 0) is 19.4 Å². The Labute approximate surface area is 122 Å². The summed E-state index contributed by atoms with van der Waals surface area (Å²) in [6, 6.07) is 3.91. The number of halogens is 1. The summed E-state index contributed by atoms with van der Waals surface area (Å²) >= 11 is 5.86. The summed E-state index contributed by atoms with van der Waals surface area (Å²) in [5, 5.41) is 13.6. The van der Waals surface area contributed by atoms with Gasteiger partial charge in [-0.15, -0.1) is 0 Å². The van der Waals surface area contributed by atoms with Crippen LogP contribution < -0.4 is 10.1 Å². The zero-order valence-corrected chi connectivity index (χ0v) is 12.1. The van der Waals surface area contributed by atoms with Crippen molar-refractivity contribution in [3.05, 3.63) is 33.3 Å². The Hall–Kier alpha value is -1.82. The van der Waals surface area contributed by atoms with Crippen LogP contribution in [0.3, 0.4) is 0 Å². The Morgan fingerprint density at radius 2 is 2.25 bits per heavy atom. The predicted octanol–water partition coefficient (Wildman–Crippen LogP) is 2.93. The highest BCUT2D eigenvalue weighted by molar-refractivity contribution is 6.32. The molecular formula is C13H17ClN2O4. The molecule has 0 aliphatic rings. The minimum atomic E-state index is -0.549. The number of nitrogens with zero attached hydrogens (tertiary/aromatic N) is 1. The number of amides is 1. The maximum absolute atomic E-state index is 11.6. The summed E-state index contributed by atoms with van der Waals surface area (Å²) in [5.41, 5.74) is -0.135. The van der Waals surface area contributed by atoms with Gasteiger partial charge in [0, 0.05) is 12.1 Å². The van der Waals surface area contributed by atoms with Crippen molar-refractivity contribution in [1.82, 2.24) is 5.32 Å². The Balaban J connectivity index is 2.59. The Morgan fingerprint density at radius 3 is 2.85 bits per heavy atom. The summed E-state index contributed by atoms with van der Waals surface area (Å²) in [7, 11) is 0. The number of rotatable bonds is 7. The van der Waals surface area contributed by atoms with E-state index < -0.39 is 4.92 Å². The molecule has 1 unspecified atom stereocenters. The molecule has 7 heteroatoms. The average molecular weight is 301 g/mol. The number of ether oxygens (including phenoxy) is 1. The number of nitro benzene ring substituents is 1. The molecule has 1 amide bonds. The fourth-order valence-electron chi connectivity index (χ4n) is 1.68. The highest BCUT2D eigenvalue weighted by Gasteiger charge is 2.13. The smallest absolute Gasteiger partial charge is 0.273 e. The van der Waals surface area contributed by atoms with Gasteiger partial charge in [-0.1, -0.05) is 24.9 Å². The van der Waals surface area contributed by atoms with Crippen molar-refractivity contribution in [2.75, 3.05) is 6.61 Å². The molecule has 1 aromatic rings. The van der Waals surface area contributed by atoms with E-state index in [4.69, 9.17) is 16.3 Å². The number of carbonyl (C=O) groups is 1. The lowest BCUT2D eigenvalue weighted by Gasteiger charge is -2.13. The summed E-state index contributed by atoms with van der Waals surface area (Å²) < 4.78 is 5.22. The van der Waals surface area contributed by atoms with Crippen molar-refractivity contribution in [3.63, 3.8) is 0 Å². The second-order valence-electron chi connectivity index (χ2n) is 4.42. The van der Waals surface area contributed by atoms with Gasteiger partial charge in [0.25, 0.3) is 11.6 Å². The van der Waals surface area contributed by atoms with E-state index in [1.807, 2.05) is 13.8 Å². The van der Waals surface area contributed by atoms with Gasteiger partial charge in [0.2, 0.25) is 0 Å². The number of carbonyl (C=O) groups excluding carboxylic acids is 1. The lowest BCUT2D eigenvalue weighted by Crippen LogP contribution is -2.35. The molecule has 0 radical (unpaired) electrons. The lowest BCUT2D eigenvalue weighted by molar-refractivity contribution is -0.384. The van der Waals surface area contributed by atoms with E-state index in [-0.39, 0.29) is 35.0 Å². The number of nitrogens with one attached hydrogen (secondary N) is 1. The van der Waals surface area contributed by atoms with Crippen LogP contribution in [0.4, 0.5) is 5.69 Å². The van der Waals surface area contributed by atoms with Crippen LogP contribution in [0.2, 0.25) is 5.02 Å². The van der Waals surface area contributed by atoms with Gasteiger partial charge in [-0.25, -0.2) is 0 Å². The predicted molar refractivity (Wildman–Crippen MR) is 76.1 cm³/mol. The quantitative estimate of drug-likeness (QED) is 0.620. The van der Waals surface area contributed by atoms with Crippen LogP contribution in [0.15, 0.2) is 18.2 Å². The zero-order chi connectivity index (χ0) is 15.1. The molecule has 0 saturated heterocycles. The van der Waals surface area contributed by atoms with Gasteiger partial charge in [0.05, 0.1) is 16.0 Å². The van der Waals surface area contributed by atoms with Crippen LogP contribution in [-0.2, 0) is 4.79 Å². The number of hydrogen-bond donors (Lipinski definition) is 1.